The Morgan fingerprint density at radius 3 is 2.63 bits per heavy atom. The van der Waals surface area contributed by atoms with Gasteiger partial charge in [-0.15, -0.1) is 0 Å². The van der Waals surface area contributed by atoms with Crippen LogP contribution in [0.3, 0.4) is 0 Å². The summed E-state index contributed by atoms with van der Waals surface area (Å²) in [4.78, 5) is 0. The summed E-state index contributed by atoms with van der Waals surface area (Å²) in [6.45, 7) is 3.62. The van der Waals surface area contributed by atoms with Gasteiger partial charge in [-0.2, -0.15) is 0 Å². The lowest BCUT2D eigenvalue weighted by molar-refractivity contribution is 0.0381. The van der Waals surface area contributed by atoms with Crippen LogP contribution in [-0.2, 0) is 0 Å². The molecular weight excluding hydrogens is 238 g/mol. The number of hydrogen-bond acceptors (Lipinski definition) is 3. The summed E-state index contributed by atoms with van der Waals surface area (Å²) < 4.78 is 5.69. The van der Waals surface area contributed by atoms with Crippen molar-refractivity contribution in [2.24, 2.45) is 0 Å². The Labute approximate surface area is 116 Å². The summed E-state index contributed by atoms with van der Waals surface area (Å²) in [5.74, 6) is 0.908. The van der Waals surface area contributed by atoms with Crippen molar-refractivity contribution in [1.82, 2.24) is 5.32 Å². The topological polar surface area (TPSA) is 41.5 Å². The molecule has 0 radical (unpaired) electrons. The van der Waals surface area contributed by atoms with Gasteiger partial charge in [-0.25, -0.2) is 0 Å². The van der Waals surface area contributed by atoms with E-state index in [9.17, 15) is 5.11 Å². The fourth-order valence-corrected chi connectivity index (χ4v) is 2.63. The van der Waals surface area contributed by atoms with E-state index in [-0.39, 0.29) is 0 Å². The molecule has 1 aromatic rings. The van der Waals surface area contributed by atoms with Crippen LogP contribution in [0.5, 0.6) is 5.75 Å². The van der Waals surface area contributed by atoms with Crippen molar-refractivity contribution in [2.75, 3.05) is 13.2 Å². The molecule has 0 bridgehead atoms. The Hall–Kier alpha value is -1.06. The zero-order chi connectivity index (χ0) is 13.6. The largest absolute Gasteiger partial charge is 0.492 e. The van der Waals surface area contributed by atoms with Crippen molar-refractivity contribution in [2.45, 2.75) is 50.7 Å². The molecule has 0 saturated heterocycles. The Morgan fingerprint density at radius 2 is 1.95 bits per heavy atom. The second kappa shape index (κ2) is 6.92. The van der Waals surface area contributed by atoms with Gasteiger partial charge < -0.3 is 15.2 Å². The van der Waals surface area contributed by atoms with Crippen LogP contribution >= 0.6 is 0 Å². The van der Waals surface area contributed by atoms with Gasteiger partial charge in [-0.1, -0.05) is 31.0 Å². The van der Waals surface area contributed by atoms with Crippen molar-refractivity contribution >= 4 is 0 Å². The number of aliphatic hydroxyl groups is 1. The summed E-state index contributed by atoms with van der Waals surface area (Å²) in [5, 5.41) is 13.7. The van der Waals surface area contributed by atoms with Gasteiger partial charge in [0.2, 0.25) is 0 Å². The Bertz CT molecular complexity index is 360. The molecule has 0 amide bonds. The highest BCUT2D eigenvalue weighted by Gasteiger charge is 2.30. The minimum absolute atomic E-state index is 0.296. The lowest BCUT2D eigenvalue weighted by Crippen LogP contribution is -2.36. The van der Waals surface area contributed by atoms with Crippen LogP contribution in [0, 0.1) is 0 Å². The first-order valence-corrected chi connectivity index (χ1v) is 7.32. The van der Waals surface area contributed by atoms with Crippen LogP contribution in [-0.4, -0.2) is 29.9 Å². The molecule has 2 N–H and O–H groups in total. The first kappa shape index (κ1) is 14.4. The molecule has 0 unspecified atom stereocenters. The van der Waals surface area contributed by atoms with Crippen molar-refractivity contribution in [1.29, 1.82) is 0 Å². The minimum atomic E-state index is -0.410. The van der Waals surface area contributed by atoms with Crippen molar-refractivity contribution in [3.05, 3.63) is 30.3 Å². The molecule has 1 aliphatic carbocycles. The zero-order valence-corrected chi connectivity index (χ0v) is 11.8. The third-order valence-electron chi connectivity index (χ3n) is 3.86. The number of ether oxygens (including phenoxy) is 1. The van der Waals surface area contributed by atoms with E-state index in [0.29, 0.717) is 12.6 Å². The van der Waals surface area contributed by atoms with Gasteiger partial charge >= 0.3 is 0 Å². The molecule has 0 spiro atoms. The molecule has 19 heavy (non-hydrogen) atoms. The second-order valence-electron chi connectivity index (χ2n) is 5.66. The van der Waals surface area contributed by atoms with Gasteiger partial charge in [0, 0.05) is 6.04 Å². The normalized spacial score (nSPS) is 19.3. The monoisotopic (exact) mass is 263 g/mol. The lowest BCUT2D eigenvalue weighted by Gasteiger charge is -2.23. The minimum Gasteiger partial charge on any atom is -0.492 e. The van der Waals surface area contributed by atoms with Gasteiger partial charge in [-0.05, 0) is 44.9 Å². The van der Waals surface area contributed by atoms with Crippen LogP contribution in [0.1, 0.15) is 39.0 Å². The van der Waals surface area contributed by atoms with Gasteiger partial charge in [0.05, 0.1) is 5.60 Å². The lowest BCUT2D eigenvalue weighted by atomic mass is 9.98. The average Bonchev–Trinajstić information content (AvgIpc) is 2.85. The standard InChI is InChI=1S/C16H25NO2/c1-14(13-19-15-7-3-2-4-8-15)17-12-11-16(18)9-5-6-10-16/h2-4,7-8,14,17-18H,5-6,9-13H2,1H3/t14-/m1/s1. The number of rotatable bonds is 7. The number of para-hydroxylation sites is 1. The molecule has 106 valence electrons. The molecule has 1 saturated carbocycles. The number of nitrogens with one attached hydrogen (secondary N) is 1. The van der Waals surface area contributed by atoms with E-state index in [1.165, 1.54) is 12.8 Å². The smallest absolute Gasteiger partial charge is 0.119 e. The fourth-order valence-electron chi connectivity index (χ4n) is 2.63. The zero-order valence-electron chi connectivity index (χ0n) is 11.8. The van der Waals surface area contributed by atoms with Crippen molar-refractivity contribution in [3.63, 3.8) is 0 Å². The molecule has 1 aliphatic rings. The third kappa shape index (κ3) is 4.84. The molecule has 1 atom stereocenters. The Kier molecular flexibility index (Phi) is 5.23. The fraction of sp³-hybridized carbons (Fsp3) is 0.625. The van der Waals surface area contributed by atoms with E-state index < -0.39 is 5.60 Å². The predicted octanol–water partition coefficient (Wildman–Crippen LogP) is 2.74. The van der Waals surface area contributed by atoms with Gasteiger partial charge in [0.1, 0.15) is 12.4 Å². The second-order valence-corrected chi connectivity index (χ2v) is 5.66. The van der Waals surface area contributed by atoms with Crippen LogP contribution in [0.15, 0.2) is 30.3 Å². The molecule has 0 aromatic heterocycles. The van der Waals surface area contributed by atoms with Crippen LogP contribution in [0.2, 0.25) is 0 Å². The summed E-state index contributed by atoms with van der Waals surface area (Å²) in [6, 6.07) is 10.2. The molecule has 1 aromatic carbocycles. The summed E-state index contributed by atoms with van der Waals surface area (Å²) in [7, 11) is 0. The molecule has 0 heterocycles. The maximum absolute atomic E-state index is 10.2. The van der Waals surface area contributed by atoms with E-state index in [4.69, 9.17) is 4.74 Å². The van der Waals surface area contributed by atoms with E-state index in [1.807, 2.05) is 30.3 Å². The molecule has 0 aliphatic heterocycles. The first-order valence-electron chi connectivity index (χ1n) is 7.32. The molecule has 3 nitrogen and oxygen atoms in total. The average molecular weight is 263 g/mol. The summed E-state index contributed by atoms with van der Waals surface area (Å²) in [6.07, 6.45) is 5.11. The molecular formula is C16H25NO2. The van der Waals surface area contributed by atoms with Gasteiger partial charge in [0.25, 0.3) is 0 Å². The quantitative estimate of drug-likeness (QED) is 0.795. The maximum Gasteiger partial charge on any atom is 0.119 e. The summed E-state index contributed by atoms with van der Waals surface area (Å²) in [5.41, 5.74) is -0.410. The first-order chi connectivity index (χ1) is 9.18. The highest BCUT2D eigenvalue weighted by molar-refractivity contribution is 5.20. The van der Waals surface area contributed by atoms with E-state index >= 15 is 0 Å². The number of benzene rings is 1. The van der Waals surface area contributed by atoms with Crippen LogP contribution in [0.4, 0.5) is 0 Å². The highest BCUT2D eigenvalue weighted by Crippen LogP contribution is 2.31. The van der Waals surface area contributed by atoms with Crippen molar-refractivity contribution < 1.29 is 9.84 Å². The predicted molar refractivity (Wildman–Crippen MR) is 77.4 cm³/mol. The Balaban J connectivity index is 1.61. The van der Waals surface area contributed by atoms with Gasteiger partial charge in [0.15, 0.2) is 0 Å². The van der Waals surface area contributed by atoms with Crippen LogP contribution in [0.25, 0.3) is 0 Å². The molecule has 1 fully saturated rings. The molecule has 2 rings (SSSR count). The molecule has 3 heteroatoms. The third-order valence-corrected chi connectivity index (χ3v) is 3.86. The Morgan fingerprint density at radius 1 is 1.26 bits per heavy atom. The SMILES string of the molecule is C[C@H](COc1ccccc1)NCCC1(O)CCCC1. The van der Waals surface area contributed by atoms with Crippen LogP contribution < -0.4 is 10.1 Å². The summed E-state index contributed by atoms with van der Waals surface area (Å²) >= 11 is 0. The highest BCUT2D eigenvalue weighted by atomic mass is 16.5. The van der Waals surface area contributed by atoms with E-state index in [0.717, 1.165) is 31.6 Å². The maximum atomic E-state index is 10.2. The van der Waals surface area contributed by atoms with E-state index in [2.05, 4.69) is 12.2 Å². The van der Waals surface area contributed by atoms with E-state index in [1.54, 1.807) is 0 Å². The van der Waals surface area contributed by atoms with Gasteiger partial charge in [-0.3, -0.25) is 0 Å². The van der Waals surface area contributed by atoms with Crippen molar-refractivity contribution in [3.8, 4) is 5.75 Å². The number of hydrogen-bond donors (Lipinski definition) is 2.